The van der Waals surface area contributed by atoms with E-state index in [0.717, 1.165) is 18.9 Å². The van der Waals surface area contributed by atoms with Gasteiger partial charge in [0, 0.05) is 18.9 Å². The molecule has 0 aromatic carbocycles. The van der Waals surface area contributed by atoms with Gasteiger partial charge in [-0.05, 0) is 26.0 Å². The molecule has 2 aliphatic rings. The molecule has 1 aliphatic heterocycles. The number of hydrogen-bond donors (Lipinski definition) is 2. The van der Waals surface area contributed by atoms with Crippen molar-refractivity contribution in [2.45, 2.75) is 37.6 Å². The smallest absolute Gasteiger partial charge is 0.340 e. The van der Waals surface area contributed by atoms with Crippen molar-refractivity contribution in [3.05, 3.63) is 11.8 Å². The van der Waals surface area contributed by atoms with Crippen molar-refractivity contribution >= 4 is 18.5 Å². The second-order valence-electron chi connectivity index (χ2n) is 5.51. The molecule has 2 rings (SSSR count). The number of alkyl halides is 3. The average molecular weight is 332 g/mol. The van der Waals surface area contributed by atoms with Gasteiger partial charge in [0.2, 0.25) is 6.41 Å². The number of nitrogens with one attached hydrogen (secondary N) is 2. The molecule has 0 aromatic heterocycles. The summed E-state index contributed by atoms with van der Waals surface area (Å²) in [4.78, 5) is 27.3. The van der Waals surface area contributed by atoms with E-state index in [1.807, 2.05) is 0 Å². The van der Waals surface area contributed by atoms with Gasteiger partial charge in [0.05, 0.1) is 0 Å². The van der Waals surface area contributed by atoms with Crippen LogP contribution in [0.5, 0.6) is 0 Å². The molecule has 0 bridgehead atoms. The van der Waals surface area contributed by atoms with E-state index >= 15 is 0 Å². The Hall–Kier alpha value is -1.90. The molecule has 6 nitrogen and oxygen atoms in total. The van der Waals surface area contributed by atoms with E-state index in [1.165, 1.54) is 11.9 Å². The minimum absolute atomic E-state index is 0.0145. The van der Waals surface area contributed by atoms with Crippen molar-refractivity contribution < 1.29 is 22.8 Å². The van der Waals surface area contributed by atoms with Crippen molar-refractivity contribution in [2.24, 2.45) is 10.9 Å². The largest absolute Gasteiger partial charge is 0.431 e. The van der Waals surface area contributed by atoms with Crippen molar-refractivity contribution in [2.75, 3.05) is 13.6 Å². The zero-order valence-electron chi connectivity index (χ0n) is 12.6. The third kappa shape index (κ3) is 4.31. The lowest BCUT2D eigenvalue weighted by Crippen LogP contribution is -2.53. The Morgan fingerprint density at radius 3 is 2.65 bits per heavy atom. The van der Waals surface area contributed by atoms with Crippen LogP contribution in [-0.2, 0) is 9.59 Å². The fourth-order valence-corrected chi connectivity index (χ4v) is 2.46. The number of aldehydes is 1. The predicted octanol–water partition coefficient (Wildman–Crippen LogP) is 0.806. The first-order valence-electron chi connectivity index (χ1n) is 7.36. The quantitative estimate of drug-likeness (QED) is 0.509. The van der Waals surface area contributed by atoms with Gasteiger partial charge in [-0.1, -0.05) is 0 Å². The molecule has 1 saturated carbocycles. The monoisotopic (exact) mass is 332 g/mol. The zero-order valence-corrected chi connectivity index (χ0v) is 12.6. The topological polar surface area (TPSA) is 73.8 Å². The third-order valence-corrected chi connectivity index (χ3v) is 3.77. The van der Waals surface area contributed by atoms with Gasteiger partial charge in [0.25, 0.3) is 0 Å². The highest BCUT2D eigenvalue weighted by Gasteiger charge is 2.41. The maximum atomic E-state index is 13.1. The van der Waals surface area contributed by atoms with Crippen molar-refractivity contribution in [1.82, 2.24) is 15.5 Å². The molecule has 1 heterocycles. The second kappa shape index (κ2) is 7.12. The normalized spacial score (nSPS) is 22.5. The molecular weight excluding hydrogens is 313 g/mol. The lowest BCUT2D eigenvalue weighted by molar-refractivity contribution is -0.121. The molecule has 0 spiro atoms. The Bertz CT molecular complexity index is 515. The van der Waals surface area contributed by atoms with Crippen LogP contribution in [0.4, 0.5) is 13.2 Å². The fourth-order valence-electron chi connectivity index (χ4n) is 2.46. The van der Waals surface area contributed by atoms with Crippen LogP contribution < -0.4 is 10.6 Å². The highest BCUT2D eigenvalue weighted by molar-refractivity contribution is 5.89. The number of hydrogen-bond acceptors (Lipinski definition) is 5. The van der Waals surface area contributed by atoms with Gasteiger partial charge in [0.1, 0.15) is 30.0 Å². The minimum atomic E-state index is -4.51. The lowest BCUT2D eigenvalue weighted by Gasteiger charge is -2.34. The number of likely N-dealkylation sites (N-methyl/N-ethyl adjacent to an activating group) is 1. The number of allylic oxidation sites excluding steroid dienone is 1. The van der Waals surface area contributed by atoms with E-state index in [2.05, 4.69) is 15.6 Å². The number of aliphatic imine (C=N–C) groups is 1. The Labute approximate surface area is 131 Å². The summed E-state index contributed by atoms with van der Waals surface area (Å²) in [6.45, 7) is 0.117. The number of carbonyl (C=O) groups excluding carboxylic acids is 2. The number of amidine groups is 1. The summed E-state index contributed by atoms with van der Waals surface area (Å²) >= 11 is 0. The van der Waals surface area contributed by atoms with Crippen LogP contribution in [0.2, 0.25) is 0 Å². The fraction of sp³-hybridized carbons (Fsp3) is 0.643. The SMILES string of the molecule is CNC(C1C=C(C(F)(F)F)NC(C2CC2)=N1)N(C=O)CCC=O. The maximum absolute atomic E-state index is 13.1. The Kier molecular flexibility index (Phi) is 5.40. The predicted molar refractivity (Wildman–Crippen MR) is 77.5 cm³/mol. The molecule has 128 valence electrons. The van der Waals surface area contributed by atoms with Crippen LogP contribution in [0, 0.1) is 5.92 Å². The summed E-state index contributed by atoms with van der Waals surface area (Å²) in [7, 11) is 1.54. The van der Waals surface area contributed by atoms with Gasteiger partial charge in [0.15, 0.2) is 0 Å². The first kappa shape index (κ1) is 17.5. The van der Waals surface area contributed by atoms with Crippen LogP contribution >= 0.6 is 0 Å². The minimum Gasteiger partial charge on any atom is -0.340 e. The third-order valence-electron chi connectivity index (χ3n) is 3.77. The first-order chi connectivity index (χ1) is 10.9. The molecule has 1 amide bonds. The van der Waals surface area contributed by atoms with Gasteiger partial charge in [-0.15, -0.1) is 0 Å². The van der Waals surface area contributed by atoms with Crippen LogP contribution in [0.1, 0.15) is 19.3 Å². The van der Waals surface area contributed by atoms with E-state index < -0.39 is 24.1 Å². The molecular formula is C14H19F3N4O2. The first-order valence-corrected chi connectivity index (χ1v) is 7.36. The van der Waals surface area contributed by atoms with Crippen molar-refractivity contribution in [3.8, 4) is 0 Å². The zero-order chi connectivity index (χ0) is 17.0. The van der Waals surface area contributed by atoms with E-state index in [-0.39, 0.29) is 18.9 Å². The highest BCUT2D eigenvalue weighted by Crippen LogP contribution is 2.34. The molecule has 9 heteroatoms. The molecule has 2 atom stereocenters. The van der Waals surface area contributed by atoms with Crippen molar-refractivity contribution in [3.63, 3.8) is 0 Å². The van der Waals surface area contributed by atoms with Gasteiger partial charge >= 0.3 is 6.18 Å². The molecule has 0 saturated heterocycles. The number of halogens is 3. The number of rotatable bonds is 8. The molecule has 2 unspecified atom stereocenters. The Morgan fingerprint density at radius 2 is 2.17 bits per heavy atom. The maximum Gasteiger partial charge on any atom is 0.431 e. The van der Waals surface area contributed by atoms with E-state index in [4.69, 9.17) is 0 Å². The molecule has 1 fully saturated rings. The van der Waals surface area contributed by atoms with Crippen molar-refractivity contribution in [1.29, 1.82) is 0 Å². The summed E-state index contributed by atoms with van der Waals surface area (Å²) in [5, 5.41) is 5.18. The summed E-state index contributed by atoms with van der Waals surface area (Å²) in [5.41, 5.74) is -0.860. The summed E-state index contributed by atoms with van der Waals surface area (Å²) in [5.74, 6) is 0.326. The molecule has 23 heavy (non-hydrogen) atoms. The number of carbonyl (C=O) groups is 2. The molecule has 0 aromatic rings. The molecule has 2 N–H and O–H groups in total. The Balaban J connectivity index is 2.26. The Morgan fingerprint density at radius 1 is 1.48 bits per heavy atom. The second-order valence-corrected chi connectivity index (χ2v) is 5.51. The van der Waals surface area contributed by atoms with Crippen LogP contribution in [0.3, 0.4) is 0 Å². The summed E-state index contributed by atoms with van der Waals surface area (Å²) in [6, 6.07) is -0.870. The van der Waals surface area contributed by atoms with E-state index in [1.54, 1.807) is 0 Å². The molecule has 0 radical (unpaired) electrons. The summed E-state index contributed by atoms with van der Waals surface area (Å²) in [6.07, 6.45) is -1.40. The van der Waals surface area contributed by atoms with Crippen LogP contribution in [-0.4, -0.2) is 55.4 Å². The van der Waals surface area contributed by atoms with Crippen LogP contribution in [0.25, 0.3) is 0 Å². The molecule has 1 aliphatic carbocycles. The van der Waals surface area contributed by atoms with Gasteiger partial charge in [-0.3, -0.25) is 15.1 Å². The van der Waals surface area contributed by atoms with Gasteiger partial charge < -0.3 is 15.0 Å². The van der Waals surface area contributed by atoms with Gasteiger partial charge in [-0.25, -0.2) is 0 Å². The van der Waals surface area contributed by atoms with E-state index in [0.29, 0.717) is 18.5 Å². The average Bonchev–Trinajstić information content (AvgIpc) is 3.35. The lowest BCUT2D eigenvalue weighted by atomic mass is 10.1. The van der Waals surface area contributed by atoms with E-state index in [9.17, 15) is 22.8 Å². The van der Waals surface area contributed by atoms with Gasteiger partial charge in [-0.2, -0.15) is 13.2 Å². The number of amides is 1. The number of nitrogens with zero attached hydrogens (tertiary/aromatic N) is 2. The van der Waals surface area contributed by atoms with Crippen LogP contribution in [0.15, 0.2) is 16.8 Å². The standard InChI is InChI=1S/C14H19F3N4O2/c1-18-13(21(8-23)5-2-6-22)10-7-11(14(15,16)17)20-12(19-10)9-3-4-9/h6-10,13,18H,2-5H2,1H3,(H,19,20). The highest BCUT2D eigenvalue weighted by atomic mass is 19.4. The summed E-state index contributed by atoms with van der Waals surface area (Å²) < 4.78 is 39.3.